The van der Waals surface area contributed by atoms with E-state index in [0.29, 0.717) is 16.0 Å². The van der Waals surface area contributed by atoms with Gasteiger partial charge in [-0.05, 0) is 60.9 Å². The van der Waals surface area contributed by atoms with Gasteiger partial charge in [0.25, 0.3) is 0 Å². The number of nitrogens with one attached hydrogen (secondary N) is 2. The normalized spacial score (nSPS) is 13.8. The second-order valence-corrected chi connectivity index (χ2v) is 9.78. The first-order valence-electron chi connectivity index (χ1n) is 9.96. The Balaban J connectivity index is 1.85. The zero-order valence-corrected chi connectivity index (χ0v) is 19.5. The molecule has 33 heavy (non-hydrogen) atoms. The molecule has 0 aliphatic heterocycles. The van der Waals surface area contributed by atoms with Crippen LogP contribution in [-0.2, 0) is 10.0 Å². The van der Waals surface area contributed by atoms with Crippen molar-refractivity contribution in [2.45, 2.75) is 37.6 Å². The van der Waals surface area contributed by atoms with Crippen LogP contribution in [0.3, 0.4) is 0 Å². The molecule has 0 aliphatic carbocycles. The minimum atomic E-state index is -4.24. The van der Waals surface area contributed by atoms with Crippen molar-refractivity contribution in [2.75, 3.05) is 0 Å². The van der Waals surface area contributed by atoms with Crippen LogP contribution in [0.1, 0.15) is 41.5 Å². The van der Waals surface area contributed by atoms with Crippen molar-refractivity contribution < 1.29 is 17.2 Å². The van der Waals surface area contributed by atoms with Gasteiger partial charge in [-0.25, -0.2) is 22.7 Å². The number of hydrogen-bond acceptors (Lipinski definition) is 6. The van der Waals surface area contributed by atoms with Crippen LogP contribution >= 0.6 is 11.6 Å². The molecule has 0 amide bonds. The first kappa shape index (κ1) is 23.1. The Labute approximate surface area is 193 Å². The summed E-state index contributed by atoms with van der Waals surface area (Å²) in [5.74, 6) is -2.37. The SMILES string of the molecule is Cc1ccc(F)c(C(C)C(NS(=O)(=O)c2ccc(Cl)c3cccnc23)c2n[nH]c(=O)o2)c1C. The average Bonchev–Trinajstić information content (AvgIpc) is 3.21. The third kappa shape index (κ3) is 4.29. The van der Waals surface area contributed by atoms with E-state index >= 15 is 0 Å². The van der Waals surface area contributed by atoms with E-state index in [0.717, 1.165) is 5.56 Å². The van der Waals surface area contributed by atoms with Crippen LogP contribution in [0.15, 0.2) is 56.7 Å². The molecular weight excluding hydrogens is 471 g/mol. The third-order valence-electron chi connectivity index (χ3n) is 5.66. The minimum absolute atomic E-state index is 0.126. The second kappa shape index (κ2) is 8.69. The maximum atomic E-state index is 14.8. The number of aromatic amines is 1. The summed E-state index contributed by atoms with van der Waals surface area (Å²) in [6.45, 7) is 5.20. The van der Waals surface area contributed by atoms with Crippen molar-refractivity contribution in [3.05, 3.63) is 86.6 Å². The number of halogens is 2. The fourth-order valence-electron chi connectivity index (χ4n) is 3.83. The molecule has 0 radical (unpaired) electrons. The van der Waals surface area contributed by atoms with Crippen LogP contribution in [-0.4, -0.2) is 23.6 Å². The molecule has 2 heterocycles. The summed E-state index contributed by atoms with van der Waals surface area (Å²) in [6.07, 6.45) is 1.45. The van der Waals surface area contributed by atoms with E-state index in [1.165, 1.54) is 24.4 Å². The summed E-state index contributed by atoms with van der Waals surface area (Å²) < 4.78 is 49.4. The number of rotatable bonds is 6. The predicted molar refractivity (Wildman–Crippen MR) is 121 cm³/mol. The summed E-state index contributed by atoms with van der Waals surface area (Å²) in [7, 11) is -4.24. The van der Waals surface area contributed by atoms with Crippen molar-refractivity contribution in [2.24, 2.45) is 0 Å². The van der Waals surface area contributed by atoms with Gasteiger partial charge in [0.05, 0.1) is 10.5 Å². The number of benzene rings is 2. The molecule has 2 N–H and O–H groups in total. The highest BCUT2D eigenvalue weighted by molar-refractivity contribution is 7.89. The Morgan fingerprint density at radius 3 is 2.64 bits per heavy atom. The van der Waals surface area contributed by atoms with Crippen molar-refractivity contribution in [3.8, 4) is 0 Å². The zero-order valence-electron chi connectivity index (χ0n) is 17.9. The minimum Gasteiger partial charge on any atom is -0.391 e. The van der Waals surface area contributed by atoms with Crippen molar-refractivity contribution >= 4 is 32.5 Å². The molecule has 0 aliphatic rings. The Kier molecular flexibility index (Phi) is 6.08. The lowest BCUT2D eigenvalue weighted by atomic mass is 9.88. The lowest BCUT2D eigenvalue weighted by Crippen LogP contribution is -2.33. The number of nitrogens with zero attached hydrogens (tertiary/aromatic N) is 2. The first-order chi connectivity index (χ1) is 15.6. The smallest absolute Gasteiger partial charge is 0.391 e. The number of H-pyrrole nitrogens is 1. The zero-order chi connectivity index (χ0) is 23.9. The lowest BCUT2D eigenvalue weighted by molar-refractivity contribution is 0.377. The van der Waals surface area contributed by atoms with Gasteiger partial charge in [-0.2, -0.15) is 4.72 Å². The van der Waals surface area contributed by atoms with E-state index in [4.69, 9.17) is 16.0 Å². The number of sulfonamides is 1. The molecule has 2 atom stereocenters. The molecule has 0 bridgehead atoms. The molecule has 2 unspecified atom stereocenters. The maximum absolute atomic E-state index is 14.8. The van der Waals surface area contributed by atoms with E-state index in [2.05, 4.69) is 19.9 Å². The van der Waals surface area contributed by atoms with Crippen LogP contribution < -0.4 is 10.5 Å². The molecule has 8 nitrogen and oxygen atoms in total. The molecule has 2 aromatic carbocycles. The van der Waals surface area contributed by atoms with Gasteiger partial charge in [-0.15, -0.1) is 5.10 Å². The van der Waals surface area contributed by atoms with Crippen molar-refractivity contribution in [1.82, 2.24) is 19.9 Å². The van der Waals surface area contributed by atoms with Crippen LogP contribution in [0.2, 0.25) is 5.02 Å². The van der Waals surface area contributed by atoms with Crippen LogP contribution in [0.4, 0.5) is 4.39 Å². The predicted octanol–water partition coefficient (Wildman–Crippen LogP) is 4.14. The summed E-state index contributed by atoms with van der Waals surface area (Å²) in [5.41, 5.74) is 1.94. The Morgan fingerprint density at radius 2 is 1.94 bits per heavy atom. The fraction of sp³-hybridized carbons (Fsp3) is 0.227. The Morgan fingerprint density at radius 1 is 1.18 bits per heavy atom. The summed E-state index contributed by atoms with van der Waals surface area (Å²) in [6, 6.07) is 7.85. The van der Waals surface area contributed by atoms with E-state index in [-0.39, 0.29) is 21.9 Å². The van der Waals surface area contributed by atoms with Gasteiger partial charge in [0.15, 0.2) is 0 Å². The van der Waals surface area contributed by atoms with E-state index in [9.17, 15) is 17.6 Å². The summed E-state index contributed by atoms with van der Waals surface area (Å²) in [5, 5.41) is 6.74. The van der Waals surface area contributed by atoms with Gasteiger partial charge < -0.3 is 4.42 Å². The van der Waals surface area contributed by atoms with Gasteiger partial charge in [0, 0.05) is 17.5 Å². The molecule has 0 saturated heterocycles. The van der Waals surface area contributed by atoms with Crippen molar-refractivity contribution in [3.63, 3.8) is 0 Å². The molecule has 4 rings (SSSR count). The molecule has 11 heteroatoms. The molecule has 2 aromatic heterocycles. The Hall–Kier alpha value is -3.08. The molecule has 0 fully saturated rings. The Bertz CT molecular complexity index is 1520. The quantitative estimate of drug-likeness (QED) is 0.419. The van der Waals surface area contributed by atoms with Gasteiger partial charge in [-0.3, -0.25) is 4.98 Å². The number of hydrogen-bond donors (Lipinski definition) is 2. The highest BCUT2D eigenvalue weighted by atomic mass is 35.5. The van der Waals surface area contributed by atoms with Gasteiger partial charge in [0.2, 0.25) is 15.9 Å². The van der Waals surface area contributed by atoms with Gasteiger partial charge in [-0.1, -0.05) is 24.6 Å². The monoisotopic (exact) mass is 490 g/mol. The summed E-state index contributed by atoms with van der Waals surface area (Å²) in [4.78, 5) is 15.7. The highest BCUT2D eigenvalue weighted by Crippen LogP contribution is 2.36. The van der Waals surface area contributed by atoms with Crippen LogP contribution in [0.5, 0.6) is 0 Å². The lowest BCUT2D eigenvalue weighted by Gasteiger charge is -2.25. The largest absolute Gasteiger partial charge is 0.434 e. The first-order valence-corrected chi connectivity index (χ1v) is 11.8. The third-order valence-corrected chi connectivity index (χ3v) is 7.46. The standard InChI is InChI=1S/C22H20ClFN4O4S/c1-11-6-8-16(24)18(12(11)2)13(3)19(21-26-27-22(29)32-21)28-33(30,31)17-9-7-15(23)14-5-4-10-25-20(14)17/h4-10,13,19,28H,1-3H3,(H,27,29). The molecule has 172 valence electrons. The number of aromatic nitrogens is 3. The van der Waals surface area contributed by atoms with E-state index in [1.807, 2.05) is 6.92 Å². The molecule has 0 saturated carbocycles. The molecular formula is C22H20ClFN4O4S. The molecule has 0 spiro atoms. The van der Waals surface area contributed by atoms with Crippen LogP contribution in [0, 0.1) is 19.7 Å². The average molecular weight is 491 g/mol. The number of aryl methyl sites for hydroxylation is 1. The number of fused-ring (bicyclic) bond motifs is 1. The van der Waals surface area contributed by atoms with Gasteiger partial charge >= 0.3 is 5.76 Å². The topological polar surface area (TPSA) is 118 Å². The van der Waals surface area contributed by atoms with Crippen molar-refractivity contribution in [1.29, 1.82) is 0 Å². The highest BCUT2D eigenvalue weighted by Gasteiger charge is 2.34. The van der Waals surface area contributed by atoms with Crippen LogP contribution in [0.25, 0.3) is 10.9 Å². The van der Waals surface area contributed by atoms with E-state index < -0.39 is 33.6 Å². The second-order valence-electron chi connectivity index (χ2n) is 7.69. The fourth-order valence-corrected chi connectivity index (χ4v) is 5.48. The number of pyridine rings is 1. The maximum Gasteiger partial charge on any atom is 0.434 e. The molecule has 4 aromatic rings. The van der Waals surface area contributed by atoms with E-state index in [1.54, 1.807) is 32.0 Å². The summed E-state index contributed by atoms with van der Waals surface area (Å²) >= 11 is 6.20. The van der Waals surface area contributed by atoms with Gasteiger partial charge in [0.1, 0.15) is 16.8 Å².